The summed E-state index contributed by atoms with van der Waals surface area (Å²) >= 11 is 0. The second-order valence-corrected chi connectivity index (χ2v) is 10.8. The molecule has 0 unspecified atom stereocenters. The molecule has 2 heteroatoms. The highest BCUT2D eigenvalue weighted by atomic mass is 15.4. The molecule has 0 radical (unpaired) electrons. The molecule has 2 nitrogen and oxygen atoms in total. The zero-order valence-corrected chi connectivity index (χ0v) is 20.6. The molecule has 0 spiro atoms. The van der Waals surface area contributed by atoms with E-state index in [1.807, 2.05) is 0 Å². The Balaban J connectivity index is 2.94. The first kappa shape index (κ1) is 23.0. The summed E-state index contributed by atoms with van der Waals surface area (Å²) in [4.78, 5) is 2.74. The molecule has 0 aliphatic carbocycles. The summed E-state index contributed by atoms with van der Waals surface area (Å²) in [5, 5.41) is 0. The lowest BCUT2D eigenvalue weighted by Gasteiger charge is -2.36. The highest BCUT2D eigenvalue weighted by molar-refractivity contribution is 6.00. The molecule has 158 valence electrons. The Morgan fingerprint density at radius 3 is 1.57 bits per heavy atom. The third kappa shape index (κ3) is 3.76. The first-order chi connectivity index (χ1) is 12.8. The Bertz CT molecular complexity index is 694. The van der Waals surface area contributed by atoms with Crippen LogP contribution in [0.2, 0.25) is 0 Å². The summed E-state index contributed by atoms with van der Waals surface area (Å²) in [6, 6.07) is 7.93. The first-order valence-electron chi connectivity index (χ1n) is 11.4. The molecule has 0 aromatic heterocycles. The van der Waals surface area contributed by atoms with Crippen molar-refractivity contribution in [1.82, 2.24) is 0 Å². The molecular weight excluding hydrogens is 340 g/mol. The molecule has 1 aromatic carbocycles. The molecule has 0 fully saturated rings. The van der Waals surface area contributed by atoms with Crippen LogP contribution in [0.4, 0.5) is 5.69 Å². The summed E-state index contributed by atoms with van der Waals surface area (Å²) in [6.45, 7) is 28.5. The standard InChI is InChI=1S/C26H45N2/c1-16(2)21-14-13-15-22(17(3)4)23(21)28-25(19(7)8)27(20(9)10)24(18(5)6)26(28,11)12/h13-20,24H,1-12H3/q+1/t24-/m0/s1. The predicted molar refractivity (Wildman–Crippen MR) is 125 cm³/mol. The Morgan fingerprint density at radius 1 is 0.786 bits per heavy atom. The van der Waals surface area contributed by atoms with Crippen molar-refractivity contribution in [3.05, 3.63) is 29.3 Å². The molecule has 1 aliphatic heterocycles. The zero-order chi connectivity index (χ0) is 21.5. The average molecular weight is 386 g/mol. The van der Waals surface area contributed by atoms with Gasteiger partial charge in [-0.05, 0) is 45.4 Å². The van der Waals surface area contributed by atoms with Crippen molar-refractivity contribution in [3.8, 4) is 0 Å². The van der Waals surface area contributed by atoms with Gasteiger partial charge in [0.1, 0.15) is 17.3 Å². The first-order valence-corrected chi connectivity index (χ1v) is 11.4. The van der Waals surface area contributed by atoms with Crippen LogP contribution < -0.4 is 4.90 Å². The summed E-state index contributed by atoms with van der Waals surface area (Å²) in [6.07, 6.45) is 0. The van der Waals surface area contributed by atoms with Crippen LogP contribution in [-0.4, -0.2) is 28.0 Å². The minimum Gasteiger partial charge on any atom is -0.255 e. The molecule has 2 rings (SSSR count). The van der Waals surface area contributed by atoms with E-state index >= 15 is 0 Å². The van der Waals surface area contributed by atoms with E-state index in [-0.39, 0.29) is 5.54 Å². The van der Waals surface area contributed by atoms with Crippen LogP contribution in [0.25, 0.3) is 0 Å². The molecular formula is C26H45N2+. The molecule has 1 atom stereocenters. The fourth-order valence-electron chi connectivity index (χ4n) is 5.48. The second-order valence-electron chi connectivity index (χ2n) is 10.8. The van der Waals surface area contributed by atoms with Crippen LogP contribution in [0.15, 0.2) is 18.2 Å². The van der Waals surface area contributed by atoms with Gasteiger partial charge >= 0.3 is 0 Å². The van der Waals surface area contributed by atoms with Gasteiger partial charge in [-0.15, -0.1) is 0 Å². The summed E-state index contributed by atoms with van der Waals surface area (Å²) < 4.78 is 2.73. The number of amidine groups is 1. The maximum Gasteiger partial charge on any atom is 0.255 e. The van der Waals surface area contributed by atoms with Crippen molar-refractivity contribution in [2.24, 2.45) is 11.8 Å². The lowest BCUT2D eigenvalue weighted by molar-refractivity contribution is -0.601. The monoisotopic (exact) mass is 385 g/mol. The van der Waals surface area contributed by atoms with E-state index in [0.29, 0.717) is 35.8 Å². The molecule has 0 bridgehead atoms. The number of rotatable bonds is 6. The Labute approximate surface area is 175 Å². The van der Waals surface area contributed by atoms with Crippen LogP contribution in [0, 0.1) is 11.8 Å². The van der Waals surface area contributed by atoms with Gasteiger partial charge in [-0.1, -0.05) is 73.6 Å². The SMILES string of the molecule is CC(C)C1=[N+](C(C)C)[C@@H](C(C)C)C(C)(C)N1c1c(C(C)C)cccc1C(C)C. The number of hydrogen-bond acceptors (Lipinski definition) is 1. The predicted octanol–water partition coefficient (Wildman–Crippen LogP) is 7.03. The Hall–Kier alpha value is -1.31. The maximum atomic E-state index is 2.74. The molecule has 0 N–H and O–H groups in total. The van der Waals surface area contributed by atoms with E-state index in [1.165, 1.54) is 22.6 Å². The van der Waals surface area contributed by atoms with Gasteiger partial charge in [-0.2, -0.15) is 0 Å². The van der Waals surface area contributed by atoms with Crippen LogP contribution >= 0.6 is 0 Å². The topological polar surface area (TPSA) is 6.25 Å². The summed E-state index contributed by atoms with van der Waals surface area (Å²) in [7, 11) is 0. The van der Waals surface area contributed by atoms with Crippen LogP contribution in [-0.2, 0) is 0 Å². The lowest BCUT2D eigenvalue weighted by atomic mass is 9.83. The Kier molecular flexibility index (Phi) is 6.73. The van der Waals surface area contributed by atoms with Gasteiger partial charge < -0.3 is 0 Å². The molecule has 1 aromatic rings. The molecule has 28 heavy (non-hydrogen) atoms. The van der Waals surface area contributed by atoms with E-state index < -0.39 is 0 Å². The van der Waals surface area contributed by atoms with Gasteiger partial charge in [-0.25, -0.2) is 4.90 Å². The van der Waals surface area contributed by atoms with Crippen LogP contribution in [0.5, 0.6) is 0 Å². The van der Waals surface area contributed by atoms with E-state index in [4.69, 9.17) is 0 Å². The average Bonchev–Trinajstić information content (AvgIpc) is 2.81. The van der Waals surface area contributed by atoms with E-state index in [1.54, 1.807) is 0 Å². The highest BCUT2D eigenvalue weighted by Gasteiger charge is 2.58. The minimum absolute atomic E-state index is 0.0344. The zero-order valence-electron chi connectivity index (χ0n) is 20.6. The second kappa shape index (κ2) is 8.20. The quantitative estimate of drug-likeness (QED) is 0.476. The number of benzene rings is 1. The van der Waals surface area contributed by atoms with Gasteiger partial charge in [0.15, 0.2) is 0 Å². The molecule has 1 heterocycles. The van der Waals surface area contributed by atoms with E-state index in [2.05, 4.69) is 111 Å². The number of hydrogen-bond donors (Lipinski definition) is 0. The third-order valence-corrected chi connectivity index (χ3v) is 6.36. The van der Waals surface area contributed by atoms with E-state index in [9.17, 15) is 0 Å². The van der Waals surface area contributed by atoms with Crippen molar-refractivity contribution in [2.75, 3.05) is 4.90 Å². The van der Waals surface area contributed by atoms with Crippen molar-refractivity contribution in [2.45, 2.75) is 113 Å². The van der Waals surface area contributed by atoms with Crippen LogP contribution in [0.3, 0.4) is 0 Å². The normalized spacial score (nSPS) is 20.0. The summed E-state index contributed by atoms with van der Waals surface area (Å²) in [5.74, 6) is 3.57. The fraction of sp³-hybridized carbons (Fsp3) is 0.731. The molecule has 1 aliphatic rings. The molecule has 0 saturated carbocycles. The number of para-hydroxylation sites is 1. The highest BCUT2D eigenvalue weighted by Crippen LogP contribution is 2.45. The van der Waals surface area contributed by atoms with E-state index in [0.717, 1.165) is 0 Å². The molecule has 0 saturated heterocycles. The van der Waals surface area contributed by atoms with Crippen molar-refractivity contribution >= 4 is 11.5 Å². The Morgan fingerprint density at radius 2 is 1.25 bits per heavy atom. The largest absolute Gasteiger partial charge is 0.255 e. The minimum atomic E-state index is 0.0344. The lowest BCUT2D eigenvalue weighted by Crippen LogP contribution is -2.53. The van der Waals surface area contributed by atoms with Crippen molar-refractivity contribution in [3.63, 3.8) is 0 Å². The van der Waals surface area contributed by atoms with Gasteiger partial charge in [0.05, 0.1) is 12.0 Å². The van der Waals surface area contributed by atoms with Gasteiger partial charge in [0.2, 0.25) is 0 Å². The van der Waals surface area contributed by atoms with Crippen molar-refractivity contribution < 1.29 is 4.58 Å². The molecule has 0 amide bonds. The summed E-state index contributed by atoms with van der Waals surface area (Å²) in [5.41, 5.74) is 4.46. The van der Waals surface area contributed by atoms with Crippen molar-refractivity contribution in [1.29, 1.82) is 0 Å². The van der Waals surface area contributed by atoms with Crippen LogP contribution in [0.1, 0.15) is 106 Å². The number of nitrogens with zero attached hydrogens (tertiary/aromatic N) is 2. The smallest absolute Gasteiger partial charge is 0.255 e. The fourth-order valence-corrected chi connectivity index (χ4v) is 5.48. The van der Waals surface area contributed by atoms with Gasteiger partial charge in [-0.3, -0.25) is 4.58 Å². The third-order valence-electron chi connectivity index (χ3n) is 6.36. The van der Waals surface area contributed by atoms with Gasteiger partial charge in [0, 0.05) is 11.1 Å². The van der Waals surface area contributed by atoms with Gasteiger partial charge in [0.25, 0.3) is 5.84 Å². The maximum absolute atomic E-state index is 2.74. The number of anilines is 1.